The highest BCUT2D eigenvalue weighted by atomic mass is 31.2. The molecule has 0 saturated heterocycles. The van der Waals surface area contributed by atoms with Gasteiger partial charge in [-0.1, -0.05) is 258 Å². The molecule has 5 atom stereocenters. The minimum atomic E-state index is -4.99. The Kier molecular flexibility index (Phi) is 69.5. The number of ether oxygens (including phenoxy) is 4. The highest BCUT2D eigenvalue weighted by molar-refractivity contribution is 7.47. The number of carbonyl (C=O) groups is 4. The number of allylic oxidation sites excluding steroid dienone is 20. The molecule has 3 N–H and O–H groups in total. The average molecular weight is 1450 g/mol. The Morgan fingerprint density at radius 1 is 0.290 bits per heavy atom. The first-order chi connectivity index (χ1) is 48.7. The molecule has 0 spiro atoms. The highest BCUT2D eigenvalue weighted by Gasteiger charge is 2.30. The van der Waals surface area contributed by atoms with Gasteiger partial charge in [0.2, 0.25) is 0 Å². The predicted molar refractivity (Wildman–Crippen MR) is 408 cm³/mol. The number of aliphatic hydroxyl groups is 1. The monoisotopic (exact) mass is 1440 g/mol. The Labute approximate surface area is 606 Å². The Hall–Kier alpha value is -4.54. The summed E-state index contributed by atoms with van der Waals surface area (Å²) in [6.07, 6.45) is 79.0. The first kappa shape index (κ1) is 95.5. The summed E-state index contributed by atoms with van der Waals surface area (Å²) >= 11 is 0. The Balaban J connectivity index is 5.37. The van der Waals surface area contributed by atoms with Crippen LogP contribution < -0.4 is 0 Å². The lowest BCUT2D eigenvalue weighted by molar-refractivity contribution is -0.161. The van der Waals surface area contributed by atoms with Gasteiger partial charge in [-0.2, -0.15) is 0 Å². The Bertz CT molecular complexity index is 2370. The lowest BCUT2D eigenvalue weighted by atomic mass is 10.1. The summed E-state index contributed by atoms with van der Waals surface area (Å²) in [5, 5.41) is 10.6. The molecule has 0 aliphatic heterocycles. The minimum Gasteiger partial charge on any atom is -0.462 e. The van der Waals surface area contributed by atoms with Crippen LogP contribution in [0.5, 0.6) is 0 Å². The summed E-state index contributed by atoms with van der Waals surface area (Å²) in [5.74, 6) is -2.23. The first-order valence-corrected chi connectivity index (χ1v) is 41.8. The number of unbranched alkanes of at least 4 members (excludes halogenated alkanes) is 26. The van der Waals surface area contributed by atoms with Gasteiger partial charge in [0.05, 0.1) is 26.4 Å². The van der Waals surface area contributed by atoms with E-state index < -0.39 is 97.5 Å². The average Bonchev–Trinajstić information content (AvgIpc) is 0.930. The van der Waals surface area contributed by atoms with Gasteiger partial charge < -0.3 is 33.8 Å². The maximum absolute atomic E-state index is 13.1. The van der Waals surface area contributed by atoms with Gasteiger partial charge in [-0.05, 0) is 148 Å². The van der Waals surface area contributed by atoms with E-state index in [2.05, 4.69) is 149 Å². The molecule has 0 bridgehead atoms. The normalized spacial score (nSPS) is 14.6. The molecule has 0 aromatic rings. The van der Waals surface area contributed by atoms with Gasteiger partial charge in [0.25, 0.3) is 0 Å². The fourth-order valence-electron chi connectivity index (χ4n) is 10.0. The van der Waals surface area contributed by atoms with Crippen molar-refractivity contribution in [2.24, 2.45) is 0 Å². The van der Waals surface area contributed by atoms with E-state index in [-0.39, 0.29) is 25.7 Å². The van der Waals surface area contributed by atoms with Crippen molar-refractivity contribution >= 4 is 39.5 Å². The van der Waals surface area contributed by atoms with Gasteiger partial charge in [0.1, 0.15) is 19.3 Å². The lowest BCUT2D eigenvalue weighted by Crippen LogP contribution is -2.30. The van der Waals surface area contributed by atoms with Crippen molar-refractivity contribution in [3.63, 3.8) is 0 Å². The van der Waals surface area contributed by atoms with Crippen LogP contribution in [0.4, 0.5) is 0 Å². The van der Waals surface area contributed by atoms with Gasteiger partial charge >= 0.3 is 39.5 Å². The van der Waals surface area contributed by atoms with E-state index in [9.17, 15) is 43.2 Å². The molecule has 0 aliphatic rings. The zero-order valence-corrected chi connectivity index (χ0v) is 64.4. The van der Waals surface area contributed by atoms with E-state index in [0.717, 1.165) is 193 Å². The predicted octanol–water partition coefficient (Wildman–Crippen LogP) is 22.3. The zero-order chi connectivity index (χ0) is 73.2. The van der Waals surface area contributed by atoms with E-state index in [1.54, 1.807) is 0 Å². The van der Waals surface area contributed by atoms with Crippen molar-refractivity contribution in [1.82, 2.24) is 0 Å². The van der Waals surface area contributed by atoms with Crippen LogP contribution in [-0.4, -0.2) is 96.7 Å². The maximum atomic E-state index is 13.1. The summed E-state index contributed by atoms with van der Waals surface area (Å²) in [6, 6.07) is 0. The van der Waals surface area contributed by atoms with Crippen molar-refractivity contribution in [2.75, 3.05) is 39.6 Å². The van der Waals surface area contributed by atoms with Crippen LogP contribution in [0.1, 0.15) is 310 Å². The molecule has 0 saturated carbocycles. The maximum Gasteiger partial charge on any atom is 0.472 e. The number of aliphatic hydroxyl groups excluding tert-OH is 1. The molecular formula is C81H138O17P2. The Morgan fingerprint density at radius 2 is 0.530 bits per heavy atom. The fraction of sp³-hybridized carbons (Fsp3) is 0.704. The van der Waals surface area contributed by atoms with Gasteiger partial charge in [-0.3, -0.25) is 37.3 Å². The van der Waals surface area contributed by atoms with E-state index in [0.29, 0.717) is 25.7 Å². The van der Waals surface area contributed by atoms with Gasteiger partial charge in [0.15, 0.2) is 12.2 Å². The first-order valence-electron chi connectivity index (χ1n) is 38.8. The molecule has 5 unspecified atom stereocenters. The molecule has 574 valence electrons. The standard InChI is InChI=1S/C81H138O17P2/c1-5-9-13-17-21-25-29-32-34-36-37-39-40-43-47-50-54-58-62-66-79(84)92-72-77(98-81(86)68-64-60-56-52-48-44-41-38-35-33-30-26-22-18-14-10-6-2)74-96-100(89,90)94-70-75(82)69-93-99(87,88)95-73-76(97-80(85)67-63-59-55-51-45-28-24-20-16-12-8-4)71-91-78(83)65-61-57-53-49-46-42-31-27-23-19-15-11-7-3/h9-10,13-14,20-22,24-27,31-35,37,39,41,44,75-77,82H,5-8,11-12,15-19,23,28-30,36,38,40,42-43,45-74H2,1-4H3,(H,87,88)(H,89,90)/b13-9-,14-10-,24-20-,25-21-,26-22-,31-27-,34-32-,35-33-,39-37-,44-41-. The van der Waals surface area contributed by atoms with E-state index in [1.165, 1.54) is 38.5 Å². The van der Waals surface area contributed by atoms with Gasteiger partial charge in [0, 0.05) is 25.7 Å². The molecule has 0 rings (SSSR count). The molecule has 0 amide bonds. The number of hydrogen-bond acceptors (Lipinski definition) is 15. The summed E-state index contributed by atoms with van der Waals surface area (Å²) < 4.78 is 68.4. The molecule has 0 heterocycles. The number of phosphoric acid groups is 2. The van der Waals surface area contributed by atoms with Crippen molar-refractivity contribution in [1.29, 1.82) is 0 Å². The third-order valence-corrected chi connectivity index (χ3v) is 17.8. The Morgan fingerprint density at radius 3 is 0.840 bits per heavy atom. The van der Waals surface area contributed by atoms with Crippen LogP contribution >= 0.6 is 15.6 Å². The fourth-order valence-corrected chi connectivity index (χ4v) is 11.6. The smallest absolute Gasteiger partial charge is 0.462 e. The molecule has 17 nitrogen and oxygen atoms in total. The molecule has 0 aliphatic carbocycles. The van der Waals surface area contributed by atoms with E-state index in [1.807, 2.05) is 0 Å². The van der Waals surface area contributed by atoms with Crippen molar-refractivity contribution in [3.05, 3.63) is 122 Å². The number of esters is 4. The van der Waals surface area contributed by atoms with E-state index in [4.69, 9.17) is 37.0 Å². The molecule has 19 heteroatoms. The summed E-state index contributed by atoms with van der Waals surface area (Å²) in [6.45, 7) is 4.54. The van der Waals surface area contributed by atoms with Gasteiger partial charge in [-0.25, -0.2) is 9.13 Å². The van der Waals surface area contributed by atoms with Gasteiger partial charge in [-0.15, -0.1) is 0 Å². The largest absolute Gasteiger partial charge is 0.472 e. The summed E-state index contributed by atoms with van der Waals surface area (Å²) in [4.78, 5) is 72.9. The summed E-state index contributed by atoms with van der Waals surface area (Å²) in [5.41, 5.74) is 0. The van der Waals surface area contributed by atoms with Crippen molar-refractivity contribution < 1.29 is 80.2 Å². The third-order valence-electron chi connectivity index (χ3n) is 15.9. The second-order valence-corrected chi connectivity index (χ2v) is 28.4. The molecule has 0 aromatic heterocycles. The SMILES string of the molecule is CC/C=C\C/C=C\C/C=C\C/C=C\CCCCCCCCC(=O)OCC(COP(=O)(O)OCC(O)COP(=O)(O)OCC(COC(=O)CCCCCCC/C=C\CCCCCC)OC(=O)CCCCCCC/C=C\CCCC)OC(=O)CCCCCC/C=C\C/C=C\C/C=C\C/C=C\CC. The zero-order valence-electron chi connectivity index (χ0n) is 62.6. The van der Waals surface area contributed by atoms with Crippen molar-refractivity contribution in [3.8, 4) is 0 Å². The van der Waals surface area contributed by atoms with Crippen LogP contribution in [0.3, 0.4) is 0 Å². The van der Waals surface area contributed by atoms with Crippen LogP contribution in [0, 0.1) is 0 Å². The lowest BCUT2D eigenvalue weighted by Gasteiger charge is -2.21. The number of carbonyl (C=O) groups excluding carboxylic acids is 4. The number of hydrogen-bond donors (Lipinski definition) is 3. The minimum absolute atomic E-state index is 0.0608. The number of phosphoric ester groups is 2. The van der Waals surface area contributed by atoms with Crippen LogP contribution in [0.15, 0.2) is 122 Å². The topological polar surface area (TPSA) is 237 Å². The summed E-state index contributed by atoms with van der Waals surface area (Å²) in [7, 11) is -9.97. The second-order valence-electron chi connectivity index (χ2n) is 25.5. The quantitative estimate of drug-likeness (QED) is 0.0169. The second kappa shape index (κ2) is 72.8. The molecule has 0 radical (unpaired) electrons. The molecule has 100 heavy (non-hydrogen) atoms. The molecule has 0 aromatic carbocycles. The third kappa shape index (κ3) is 71.8. The van der Waals surface area contributed by atoms with Crippen molar-refractivity contribution in [2.45, 2.75) is 329 Å². The van der Waals surface area contributed by atoms with Crippen LogP contribution in [0.2, 0.25) is 0 Å². The highest BCUT2D eigenvalue weighted by Crippen LogP contribution is 2.45. The van der Waals surface area contributed by atoms with Crippen LogP contribution in [0.25, 0.3) is 0 Å². The van der Waals surface area contributed by atoms with Crippen LogP contribution in [-0.2, 0) is 65.4 Å². The molecule has 0 fully saturated rings. The number of rotatable bonds is 72. The molecular weight excluding hydrogens is 1310 g/mol. The van der Waals surface area contributed by atoms with E-state index >= 15 is 0 Å².